The second-order valence-corrected chi connectivity index (χ2v) is 2.29. The molecule has 0 amide bonds. The lowest BCUT2D eigenvalue weighted by molar-refractivity contribution is -0.150. The maximum atomic E-state index is 10.7. The molecule has 0 aromatic rings. The van der Waals surface area contributed by atoms with E-state index >= 15 is 0 Å². The lowest BCUT2D eigenvalue weighted by Crippen LogP contribution is -2.29. The van der Waals surface area contributed by atoms with Gasteiger partial charge in [0.25, 0.3) is 0 Å². The van der Waals surface area contributed by atoms with Gasteiger partial charge in [-0.2, -0.15) is 0 Å². The molecule has 1 aliphatic rings. The first-order valence-corrected chi connectivity index (χ1v) is 3.60. The lowest BCUT2D eigenvalue weighted by Gasteiger charge is -2.25. The summed E-state index contributed by atoms with van der Waals surface area (Å²) in [4.78, 5) is 10.7. The van der Waals surface area contributed by atoms with Gasteiger partial charge < -0.3 is 9.47 Å². The molecular weight excluding hydrogens is 132 g/mol. The molecule has 0 radical (unpaired) electrons. The largest absolute Gasteiger partial charge is 0.466 e. The van der Waals surface area contributed by atoms with E-state index in [0.29, 0.717) is 13.0 Å². The molecule has 3 heteroatoms. The first-order chi connectivity index (χ1) is 4.83. The van der Waals surface area contributed by atoms with Crippen LogP contribution in [0.15, 0.2) is 0 Å². The molecule has 0 N–H and O–H groups in total. The monoisotopic (exact) mass is 144 g/mol. The molecule has 1 rings (SSSR count). The van der Waals surface area contributed by atoms with Gasteiger partial charge in [0.2, 0.25) is 0 Å². The smallest absolute Gasteiger partial charge is 0.308 e. The predicted octanol–water partition coefficient (Wildman–Crippen LogP) is 0.729. The van der Waals surface area contributed by atoms with Crippen LogP contribution in [-0.4, -0.2) is 25.3 Å². The molecule has 0 bridgehead atoms. The highest BCUT2D eigenvalue weighted by Crippen LogP contribution is 2.14. The molecule has 0 spiro atoms. The van der Waals surface area contributed by atoms with Crippen LogP contribution in [0.3, 0.4) is 0 Å². The molecule has 3 nitrogen and oxygen atoms in total. The van der Waals surface area contributed by atoms with Crippen LogP contribution in [0.1, 0.15) is 19.8 Å². The number of esters is 1. The van der Waals surface area contributed by atoms with Crippen molar-refractivity contribution in [3.63, 3.8) is 0 Å². The average Bonchev–Trinajstić information content (AvgIpc) is 1.80. The van der Waals surface area contributed by atoms with Gasteiger partial charge in [0, 0.05) is 6.61 Å². The minimum Gasteiger partial charge on any atom is -0.466 e. The van der Waals surface area contributed by atoms with Gasteiger partial charge in [-0.1, -0.05) is 0 Å². The summed E-state index contributed by atoms with van der Waals surface area (Å²) in [5.41, 5.74) is 0. The molecule has 58 valence electrons. The second-order valence-electron chi connectivity index (χ2n) is 2.29. The van der Waals surface area contributed by atoms with Crippen LogP contribution in [0.2, 0.25) is 0 Å². The highest BCUT2D eigenvalue weighted by atomic mass is 16.5. The van der Waals surface area contributed by atoms with Crippen molar-refractivity contribution in [2.24, 2.45) is 0 Å². The van der Waals surface area contributed by atoms with Gasteiger partial charge in [0.15, 0.2) is 0 Å². The topological polar surface area (TPSA) is 35.5 Å². The molecule has 10 heavy (non-hydrogen) atoms. The standard InChI is InChI=1S/C7H12O3/c1-2-9-7(8)5-6-3-4-10-6/h6H,2-5H2,1H3/t6-/m1/s1. The Hall–Kier alpha value is -0.570. The zero-order valence-corrected chi connectivity index (χ0v) is 6.13. The fourth-order valence-electron chi connectivity index (χ4n) is 0.851. The summed E-state index contributed by atoms with van der Waals surface area (Å²) in [7, 11) is 0. The third-order valence-corrected chi connectivity index (χ3v) is 1.49. The van der Waals surface area contributed by atoms with E-state index in [1.807, 2.05) is 0 Å². The first kappa shape index (κ1) is 7.54. The molecule has 1 atom stereocenters. The number of carbonyl (C=O) groups is 1. The maximum absolute atomic E-state index is 10.7. The van der Waals surface area contributed by atoms with Gasteiger partial charge in [0.1, 0.15) is 0 Å². The quantitative estimate of drug-likeness (QED) is 0.548. The van der Waals surface area contributed by atoms with Crippen molar-refractivity contribution in [3.8, 4) is 0 Å². The zero-order valence-electron chi connectivity index (χ0n) is 6.13. The van der Waals surface area contributed by atoms with E-state index in [1.165, 1.54) is 0 Å². The second kappa shape index (κ2) is 3.56. The summed E-state index contributed by atoms with van der Waals surface area (Å²) < 4.78 is 9.78. The van der Waals surface area contributed by atoms with Crippen LogP contribution >= 0.6 is 0 Å². The number of hydrogen-bond acceptors (Lipinski definition) is 3. The van der Waals surface area contributed by atoms with Crippen molar-refractivity contribution in [2.75, 3.05) is 13.2 Å². The summed E-state index contributed by atoms with van der Waals surface area (Å²) in [6, 6.07) is 0. The molecule has 0 aromatic carbocycles. The Morgan fingerprint density at radius 2 is 2.50 bits per heavy atom. The number of hydrogen-bond donors (Lipinski definition) is 0. The van der Waals surface area contributed by atoms with Crippen LogP contribution in [0.25, 0.3) is 0 Å². The third kappa shape index (κ3) is 1.99. The molecule has 1 fully saturated rings. The van der Waals surface area contributed by atoms with Crippen molar-refractivity contribution in [1.82, 2.24) is 0 Å². The van der Waals surface area contributed by atoms with Crippen LogP contribution in [0.5, 0.6) is 0 Å². The summed E-state index contributed by atoms with van der Waals surface area (Å²) >= 11 is 0. The average molecular weight is 144 g/mol. The Kier molecular flexibility index (Phi) is 2.68. The van der Waals surface area contributed by atoms with Crippen molar-refractivity contribution in [3.05, 3.63) is 0 Å². The Morgan fingerprint density at radius 3 is 2.90 bits per heavy atom. The number of rotatable bonds is 3. The summed E-state index contributed by atoms with van der Waals surface area (Å²) in [5.74, 6) is -0.146. The van der Waals surface area contributed by atoms with Gasteiger partial charge in [0.05, 0.1) is 19.1 Å². The van der Waals surface area contributed by atoms with E-state index < -0.39 is 0 Å². The predicted molar refractivity (Wildman–Crippen MR) is 35.6 cm³/mol. The Balaban J connectivity index is 2.05. The van der Waals surface area contributed by atoms with Gasteiger partial charge in [-0.3, -0.25) is 4.79 Å². The Labute approximate surface area is 60.3 Å². The van der Waals surface area contributed by atoms with E-state index in [4.69, 9.17) is 9.47 Å². The summed E-state index contributed by atoms with van der Waals surface area (Å²) in [5, 5.41) is 0. The molecule has 0 unspecified atom stereocenters. The molecule has 0 saturated carbocycles. The maximum Gasteiger partial charge on any atom is 0.308 e. The lowest BCUT2D eigenvalue weighted by atomic mass is 10.1. The fraction of sp³-hybridized carbons (Fsp3) is 0.857. The highest BCUT2D eigenvalue weighted by Gasteiger charge is 2.21. The molecule has 1 aliphatic heterocycles. The van der Waals surface area contributed by atoms with Gasteiger partial charge >= 0.3 is 5.97 Å². The van der Waals surface area contributed by atoms with Gasteiger partial charge in [-0.05, 0) is 13.3 Å². The van der Waals surface area contributed by atoms with Gasteiger partial charge in [-0.25, -0.2) is 0 Å². The van der Waals surface area contributed by atoms with Crippen LogP contribution in [-0.2, 0) is 14.3 Å². The Bertz CT molecular complexity index is 118. The highest BCUT2D eigenvalue weighted by molar-refractivity contribution is 5.70. The fourth-order valence-corrected chi connectivity index (χ4v) is 0.851. The molecular formula is C7H12O3. The van der Waals surface area contributed by atoms with Crippen molar-refractivity contribution < 1.29 is 14.3 Å². The third-order valence-electron chi connectivity index (χ3n) is 1.49. The first-order valence-electron chi connectivity index (χ1n) is 3.60. The minimum absolute atomic E-state index is 0.138. The van der Waals surface area contributed by atoms with E-state index in [2.05, 4.69) is 0 Å². The van der Waals surface area contributed by atoms with Crippen molar-refractivity contribution >= 4 is 5.97 Å². The Morgan fingerprint density at radius 1 is 1.80 bits per heavy atom. The number of carbonyl (C=O) groups excluding carboxylic acids is 1. The summed E-state index contributed by atoms with van der Waals surface area (Å²) in [6.07, 6.45) is 1.56. The zero-order chi connectivity index (χ0) is 7.40. The number of ether oxygens (including phenoxy) is 2. The van der Waals surface area contributed by atoms with E-state index in [9.17, 15) is 4.79 Å². The van der Waals surface area contributed by atoms with Crippen molar-refractivity contribution in [1.29, 1.82) is 0 Å². The SMILES string of the molecule is CCOC(=O)C[C@H]1CCO1. The van der Waals surface area contributed by atoms with Crippen molar-refractivity contribution in [2.45, 2.75) is 25.9 Å². The molecule has 0 aromatic heterocycles. The summed E-state index contributed by atoms with van der Waals surface area (Å²) in [6.45, 7) is 3.06. The normalized spacial score (nSPS) is 23.5. The van der Waals surface area contributed by atoms with E-state index in [0.717, 1.165) is 13.0 Å². The van der Waals surface area contributed by atoms with Crippen LogP contribution in [0, 0.1) is 0 Å². The van der Waals surface area contributed by atoms with Crippen LogP contribution < -0.4 is 0 Å². The van der Waals surface area contributed by atoms with Crippen LogP contribution in [0.4, 0.5) is 0 Å². The molecule has 1 saturated heterocycles. The minimum atomic E-state index is -0.146. The van der Waals surface area contributed by atoms with E-state index in [1.54, 1.807) is 6.92 Å². The molecule has 0 aliphatic carbocycles. The molecule has 1 heterocycles. The van der Waals surface area contributed by atoms with Gasteiger partial charge in [-0.15, -0.1) is 0 Å². The van der Waals surface area contributed by atoms with E-state index in [-0.39, 0.29) is 12.1 Å².